The van der Waals surface area contributed by atoms with Gasteiger partial charge in [-0.3, -0.25) is 9.59 Å². The molecule has 2 amide bonds. The average Bonchev–Trinajstić information content (AvgIpc) is 2.27. The molecule has 100 valence electrons. The van der Waals surface area contributed by atoms with E-state index in [4.69, 9.17) is 11.5 Å². The van der Waals surface area contributed by atoms with Gasteiger partial charge in [-0.1, -0.05) is 0 Å². The lowest BCUT2D eigenvalue weighted by molar-refractivity contribution is -0.116. The highest BCUT2D eigenvalue weighted by molar-refractivity contribution is 5.94. The number of rotatable bonds is 5. The van der Waals surface area contributed by atoms with E-state index in [-0.39, 0.29) is 24.4 Å². The van der Waals surface area contributed by atoms with E-state index < -0.39 is 5.91 Å². The standard InChI is InChI=1S/C12H17N3O2.ClH/c1-8(13)2-7-11(16)15-10-5-3-9(4-6-10)12(14)17;/h3-6,8H,2,7,13H2,1H3,(H2,14,17)(H,15,16);1H. The van der Waals surface area contributed by atoms with Crippen molar-refractivity contribution in [3.63, 3.8) is 0 Å². The molecule has 5 N–H and O–H groups in total. The summed E-state index contributed by atoms with van der Waals surface area (Å²) in [4.78, 5) is 22.3. The van der Waals surface area contributed by atoms with Crippen molar-refractivity contribution in [2.45, 2.75) is 25.8 Å². The Morgan fingerprint density at radius 2 is 1.83 bits per heavy atom. The molecule has 0 fully saturated rings. The Hall–Kier alpha value is -1.59. The van der Waals surface area contributed by atoms with Gasteiger partial charge in [-0.15, -0.1) is 12.4 Å². The van der Waals surface area contributed by atoms with Crippen LogP contribution in [0.15, 0.2) is 24.3 Å². The fraction of sp³-hybridized carbons (Fsp3) is 0.333. The van der Waals surface area contributed by atoms with E-state index in [2.05, 4.69) is 5.32 Å². The number of nitrogens with two attached hydrogens (primary N) is 2. The summed E-state index contributed by atoms with van der Waals surface area (Å²) in [6.45, 7) is 1.86. The van der Waals surface area contributed by atoms with Gasteiger partial charge in [0.15, 0.2) is 0 Å². The Morgan fingerprint density at radius 3 is 2.28 bits per heavy atom. The summed E-state index contributed by atoms with van der Waals surface area (Å²) in [6.07, 6.45) is 1.03. The Bertz CT molecular complexity index is 404. The number of benzene rings is 1. The molecule has 0 heterocycles. The van der Waals surface area contributed by atoms with Crippen LogP contribution in [0.2, 0.25) is 0 Å². The predicted octanol–water partition coefficient (Wildman–Crippen LogP) is 1.27. The smallest absolute Gasteiger partial charge is 0.248 e. The van der Waals surface area contributed by atoms with Crippen molar-refractivity contribution in [1.82, 2.24) is 0 Å². The molecule has 1 atom stereocenters. The van der Waals surface area contributed by atoms with Gasteiger partial charge in [-0.2, -0.15) is 0 Å². The zero-order chi connectivity index (χ0) is 12.8. The molecule has 1 rings (SSSR count). The summed E-state index contributed by atoms with van der Waals surface area (Å²) in [5, 5.41) is 2.72. The van der Waals surface area contributed by atoms with Crippen molar-refractivity contribution < 1.29 is 9.59 Å². The number of hydrogen-bond acceptors (Lipinski definition) is 3. The van der Waals surface area contributed by atoms with E-state index >= 15 is 0 Å². The van der Waals surface area contributed by atoms with Crippen LogP contribution in [0.3, 0.4) is 0 Å². The zero-order valence-electron chi connectivity index (χ0n) is 10.2. The van der Waals surface area contributed by atoms with E-state index in [1.165, 1.54) is 0 Å². The predicted molar refractivity (Wildman–Crippen MR) is 73.7 cm³/mol. The third kappa shape index (κ3) is 5.65. The molecule has 0 radical (unpaired) electrons. The van der Waals surface area contributed by atoms with Crippen LogP contribution >= 0.6 is 12.4 Å². The van der Waals surface area contributed by atoms with E-state index in [1.54, 1.807) is 24.3 Å². The second-order valence-electron chi connectivity index (χ2n) is 4.01. The second-order valence-corrected chi connectivity index (χ2v) is 4.01. The fourth-order valence-corrected chi connectivity index (χ4v) is 1.30. The minimum Gasteiger partial charge on any atom is -0.366 e. The normalized spacial score (nSPS) is 11.2. The maximum atomic E-state index is 11.5. The summed E-state index contributed by atoms with van der Waals surface area (Å²) in [6, 6.07) is 6.44. The molecule has 1 aromatic rings. The van der Waals surface area contributed by atoms with Gasteiger partial charge < -0.3 is 16.8 Å². The highest BCUT2D eigenvalue weighted by Gasteiger charge is 2.05. The molecule has 18 heavy (non-hydrogen) atoms. The lowest BCUT2D eigenvalue weighted by Gasteiger charge is -2.07. The third-order valence-corrected chi connectivity index (χ3v) is 2.28. The van der Waals surface area contributed by atoms with Crippen molar-refractivity contribution >= 4 is 29.9 Å². The van der Waals surface area contributed by atoms with E-state index in [0.717, 1.165) is 0 Å². The second kappa shape index (κ2) is 7.68. The van der Waals surface area contributed by atoms with Crippen LogP contribution in [-0.4, -0.2) is 17.9 Å². The van der Waals surface area contributed by atoms with Gasteiger partial charge in [0, 0.05) is 23.7 Å². The number of nitrogens with one attached hydrogen (secondary N) is 1. The molecule has 1 unspecified atom stereocenters. The summed E-state index contributed by atoms with van der Waals surface area (Å²) >= 11 is 0. The first-order valence-corrected chi connectivity index (χ1v) is 5.44. The molecule has 0 aliphatic carbocycles. The van der Waals surface area contributed by atoms with Gasteiger partial charge in [0.25, 0.3) is 0 Å². The van der Waals surface area contributed by atoms with Gasteiger partial charge in [-0.25, -0.2) is 0 Å². The van der Waals surface area contributed by atoms with Crippen molar-refractivity contribution in [2.75, 3.05) is 5.32 Å². The average molecular weight is 272 g/mol. The first-order valence-electron chi connectivity index (χ1n) is 5.44. The highest BCUT2D eigenvalue weighted by Crippen LogP contribution is 2.10. The molecule has 0 saturated heterocycles. The lowest BCUT2D eigenvalue weighted by atomic mass is 10.1. The Morgan fingerprint density at radius 1 is 1.28 bits per heavy atom. The van der Waals surface area contributed by atoms with E-state index in [1.807, 2.05) is 6.92 Å². The van der Waals surface area contributed by atoms with Gasteiger partial charge in [0.2, 0.25) is 11.8 Å². The lowest BCUT2D eigenvalue weighted by Crippen LogP contribution is -2.19. The van der Waals surface area contributed by atoms with Crippen molar-refractivity contribution in [3.8, 4) is 0 Å². The third-order valence-electron chi connectivity index (χ3n) is 2.28. The van der Waals surface area contributed by atoms with Crippen LogP contribution < -0.4 is 16.8 Å². The van der Waals surface area contributed by atoms with E-state index in [0.29, 0.717) is 24.1 Å². The molecule has 0 aliphatic heterocycles. The first kappa shape index (κ1) is 16.4. The van der Waals surface area contributed by atoms with Crippen LogP contribution in [0.4, 0.5) is 5.69 Å². The van der Waals surface area contributed by atoms with Crippen LogP contribution in [0.5, 0.6) is 0 Å². The van der Waals surface area contributed by atoms with Gasteiger partial charge in [0.1, 0.15) is 0 Å². The molecular weight excluding hydrogens is 254 g/mol. The molecule has 0 aromatic heterocycles. The Labute approximate surface area is 112 Å². The van der Waals surface area contributed by atoms with Gasteiger partial charge in [0.05, 0.1) is 0 Å². The number of amides is 2. The monoisotopic (exact) mass is 271 g/mol. The van der Waals surface area contributed by atoms with Crippen LogP contribution in [-0.2, 0) is 4.79 Å². The van der Waals surface area contributed by atoms with Crippen LogP contribution in [0.25, 0.3) is 0 Å². The Kier molecular flexibility index (Phi) is 7.00. The van der Waals surface area contributed by atoms with Gasteiger partial charge in [-0.05, 0) is 37.6 Å². The summed E-state index contributed by atoms with van der Waals surface area (Å²) < 4.78 is 0. The number of anilines is 1. The molecular formula is C12H18ClN3O2. The maximum Gasteiger partial charge on any atom is 0.248 e. The number of primary amides is 1. The Balaban J connectivity index is 0.00000289. The zero-order valence-corrected chi connectivity index (χ0v) is 11.0. The first-order chi connectivity index (χ1) is 7.99. The van der Waals surface area contributed by atoms with Crippen LogP contribution in [0.1, 0.15) is 30.1 Å². The summed E-state index contributed by atoms with van der Waals surface area (Å²) in [5.74, 6) is -0.575. The number of halogens is 1. The quantitative estimate of drug-likeness (QED) is 0.752. The molecule has 1 aromatic carbocycles. The van der Waals surface area contributed by atoms with Crippen molar-refractivity contribution in [3.05, 3.63) is 29.8 Å². The largest absolute Gasteiger partial charge is 0.366 e. The van der Waals surface area contributed by atoms with Crippen molar-refractivity contribution in [1.29, 1.82) is 0 Å². The maximum absolute atomic E-state index is 11.5. The fourth-order valence-electron chi connectivity index (χ4n) is 1.30. The molecule has 0 spiro atoms. The number of carbonyl (C=O) groups is 2. The molecule has 0 saturated carbocycles. The summed E-state index contributed by atoms with van der Waals surface area (Å²) in [5.41, 5.74) is 11.7. The van der Waals surface area contributed by atoms with E-state index in [9.17, 15) is 9.59 Å². The minimum atomic E-state index is -0.486. The molecule has 6 heteroatoms. The molecule has 5 nitrogen and oxygen atoms in total. The molecule has 0 bridgehead atoms. The number of carbonyl (C=O) groups excluding carboxylic acids is 2. The highest BCUT2D eigenvalue weighted by atomic mass is 35.5. The SMILES string of the molecule is CC(N)CCC(=O)Nc1ccc(C(N)=O)cc1.Cl. The van der Waals surface area contributed by atoms with Crippen molar-refractivity contribution in [2.24, 2.45) is 11.5 Å². The van der Waals surface area contributed by atoms with Gasteiger partial charge >= 0.3 is 0 Å². The minimum absolute atomic E-state index is 0. The molecule has 0 aliphatic rings. The summed E-state index contributed by atoms with van der Waals surface area (Å²) in [7, 11) is 0. The van der Waals surface area contributed by atoms with Crippen LogP contribution in [0, 0.1) is 0 Å². The topological polar surface area (TPSA) is 98.2 Å². The number of hydrogen-bond donors (Lipinski definition) is 3.